The van der Waals surface area contributed by atoms with Crippen molar-refractivity contribution in [2.45, 2.75) is 12.5 Å². The molecule has 176 valence electrons. The molecule has 0 saturated carbocycles. The van der Waals surface area contributed by atoms with E-state index in [-0.39, 0.29) is 29.2 Å². The summed E-state index contributed by atoms with van der Waals surface area (Å²) in [5.74, 6) is -2.31. The van der Waals surface area contributed by atoms with Crippen LogP contribution in [0, 0.1) is 0 Å². The lowest BCUT2D eigenvalue weighted by Crippen LogP contribution is -2.22. The van der Waals surface area contributed by atoms with Crippen LogP contribution in [-0.2, 0) is 6.18 Å². The zero-order chi connectivity index (χ0) is 24.5. The minimum atomic E-state index is -5.24. The van der Waals surface area contributed by atoms with Gasteiger partial charge in [-0.3, -0.25) is 4.79 Å². The molecule has 0 saturated heterocycles. The van der Waals surface area contributed by atoms with Gasteiger partial charge in [-0.2, -0.15) is 13.2 Å². The first-order valence-electron chi connectivity index (χ1n) is 9.12. The number of hydrogen-bond acceptors (Lipinski definition) is 7. The highest BCUT2D eigenvalue weighted by molar-refractivity contribution is 6.06. The molecule has 14 heteroatoms. The highest BCUT2D eigenvalue weighted by atomic mass is 19.4. The number of rotatable bonds is 5. The molecule has 1 aromatic carbocycles. The van der Waals surface area contributed by atoms with Gasteiger partial charge in [-0.05, 0) is 42.5 Å². The molecule has 4 aromatic rings. The fourth-order valence-corrected chi connectivity index (χ4v) is 2.75. The van der Waals surface area contributed by atoms with E-state index in [1.54, 1.807) is 12.1 Å². The van der Waals surface area contributed by atoms with E-state index in [9.17, 15) is 31.1 Å². The minimum absolute atomic E-state index is 0.00976. The van der Waals surface area contributed by atoms with E-state index in [1.165, 1.54) is 24.6 Å². The minimum Gasteiger partial charge on any atom is -0.459 e. The van der Waals surface area contributed by atoms with Crippen molar-refractivity contribution in [2.75, 3.05) is 5.32 Å². The Morgan fingerprint density at radius 3 is 2.41 bits per heavy atom. The SMILES string of the molecule is O=C(Nc1cc(-c2nnc(-c3ccco3)o2)ccn1)c1cc(C(F)(F)F)ccc1OC(F)(F)F. The largest absolute Gasteiger partial charge is 0.573 e. The second-order valence-electron chi connectivity index (χ2n) is 6.53. The second-order valence-corrected chi connectivity index (χ2v) is 6.53. The lowest BCUT2D eigenvalue weighted by Gasteiger charge is -2.15. The van der Waals surface area contributed by atoms with Gasteiger partial charge >= 0.3 is 12.5 Å². The maximum Gasteiger partial charge on any atom is 0.573 e. The number of aromatic nitrogens is 3. The standard InChI is InChI=1S/C20H10F6N4O4/c21-19(22,23)11-3-4-13(34-20(24,25)26)12(9-11)16(31)28-15-8-10(5-6-27-15)17-29-30-18(33-17)14-2-1-7-32-14/h1-9H,(H,27,28,31). The van der Waals surface area contributed by atoms with Gasteiger partial charge in [0.05, 0.1) is 17.4 Å². The molecule has 34 heavy (non-hydrogen) atoms. The van der Waals surface area contributed by atoms with Gasteiger partial charge in [0.25, 0.3) is 11.8 Å². The summed E-state index contributed by atoms with van der Waals surface area (Å²) in [6.45, 7) is 0. The first-order chi connectivity index (χ1) is 16.0. The molecule has 8 nitrogen and oxygen atoms in total. The van der Waals surface area contributed by atoms with Crippen molar-refractivity contribution in [3.8, 4) is 28.9 Å². The topological polar surface area (TPSA) is 103 Å². The molecule has 4 rings (SSSR count). The molecule has 0 unspecified atom stereocenters. The number of hydrogen-bond donors (Lipinski definition) is 1. The molecule has 0 bridgehead atoms. The van der Waals surface area contributed by atoms with Crippen LogP contribution in [0.25, 0.3) is 23.1 Å². The molecule has 0 fully saturated rings. The highest BCUT2D eigenvalue weighted by Crippen LogP contribution is 2.35. The fourth-order valence-electron chi connectivity index (χ4n) is 2.75. The number of halogens is 6. The average Bonchev–Trinajstić information content (AvgIpc) is 3.44. The average molecular weight is 484 g/mol. The van der Waals surface area contributed by atoms with Gasteiger partial charge in [0.15, 0.2) is 5.76 Å². The Hall–Kier alpha value is -4.36. The second kappa shape index (κ2) is 8.53. The smallest absolute Gasteiger partial charge is 0.459 e. The Morgan fingerprint density at radius 2 is 1.74 bits per heavy atom. The van der Waals surface area contributed by atoms with Crippen molar-refractivity contribution in [1.29, 1.82) is 0 Å². The summed E-state index contributed by atoms with van der Waals surface area (Å²) in [4.78, 5) is 16.4. The molecule has 1 N–H and O–H groups in total. The molecule has 3 heterocycles. The van der Waals surface area contributed by atoms with E-state index in [0.29, 0.717) is 17.9 Å². The summed E-state index contributed by atoms with van der Waals surface area (Å²) in [6, 6.07) is 6.85. The number of furan rings is 1. The number of amides is 1. The zero-order valence-electron chi connectivity index (χ0n) is 16.4. The lowest BCUT2D eigenvalue weighted by molar-refractivity contribution is -0.274. The number of ether oxygens (including phenoxy) is 1. The van der Waals surface area contributed by atoms with Crippen molar-refractivity contribution in [1.82, 2.24) is 15.2 Å². The highest BCUT2D eigenvalue weighted by Gasteiger charge is 2.36. The van der Waals surface area contributed by atoms with Crippen molar-refractivity contribution in [3.63, 3.8) is 0 Å². The van der Waals surface area contributed by atoms with Crippen LogP contribution in [0.3, 0.4) is 0 Å². The summed E-state index contributed by atoms with van der Waals surface area (Å²) in [7, 11) is 0. The molecule has 1 amide bonds. The van der Waals surface area contributed by atoms with Crippen molar-refractivity contribution in [2.24, 2.45) is 0 Å². The van der Waals surface area contributed by atoms with Crippen LogP contribution >= 0.6 is 0 Å². The van der Waals surface area contributed by atoms with E-state index < -0.39 is 35.3 Å². The predicted octanol–water partition coefficient (Wildman–Crippen LogP) is 5.56. The van der Waals surface area contributed by atoms with Crippen LogP contribution in [0.5, 0.6) is 5.75 Å². The van der Waals surface area contributed by atoms with Gasteiger partial charge in [0, 0.05) is 11.8 Å². The van der Waals surface area contributed by atoms with Gasteiger partial charge < -0.3 is 18.9 Å². The molecule has 0 atom stereocenters. The summed E-state index contributed by atoms with van der Waals surface area (Å²) in [5, 5.41) is 9.76. The van der Waals surface area contributed by atoms with Crippen LogP contribution in [0.2, 0.25) is 0 Å². The Bertz CT molecular complexity index is 1320. The van der Waals surface area contributed by atoms with Crippen LogP contribution in [0.1, 0.15) is 15.9 Å². The number of nitrogens with one attached hydrogen (secondary N) is 1. The number of alkyl halides is 6. The van der Waals surface area contributed by atoms with Gasteiger partial charge in [-0.25, -0.2) is 4.98 Å². The first kappa shape index (κ1) is 22.8. The maximum absolute atomic E-state index is 13.0. The van der Waals surface area contributed by atoms with Gasteiger partial charge in [0.2, 0.25) is 5.89 Å². The van der Waals surface area contributed by atoms with E-state index in [4.69, 9.17) is 8.83 Å². The molecule has 0 spiro atoms. The number of benzene rings is 1. The summed E-state index contributed by atoms with van der Waals surface area (Å²) in [5.41, 5.74) is -2.09. The first-order valence-corrected chi connectivity index (χ1v) is 9.12. The molecule has 0 aliphatic heterocycles. The quantitative estimate of drug-likeness (QED) is 0.370. The Morgan fingerprint density at radius 1 is 0.971 bits per heavy atom. The maximum atomic E-state index is 13.0. The Balaban J connectivity index is 1.62. The van der Waals surface area contributed by atoms with Crippen LogP contribution < -0.4 is 10.1 Å². The number of nitrogens with zero attached hydrogens (tertiary/aromatic N) is 3. The third kappa shape index (κ3) is 5.16. The number of carbonyl (C=O) groups excluding carboxylic acids is 1. The molecular formula is C20H10F6N4O4. The number of carbonyl (C=O) groups is 1. The van der Waals surface area contributed by atoms with E-state index in [2.05, 4.69) is 25.2 Å². The fraction of sp³-hybridized carbons (Fsp3) is 0.100. The van der Waals surface area contributed by atoms with Crippen LogP contribution in [-0.4, -0.2) is 27.5 Å². The van der Waals surface area contributed by atoms with Crippen LogP contribution in [0.4, 0.5) is 32.2 Å². The number of pyridine rings is 1. The molecular weight excluding hydrogens is 474 g/mol. The predicted molar refractivity (Wildman–Crippen MR) is 101 cm³/mol. The zero-order valence-corrected chi connectivity index (χ0v) is 16.4. The van der Waals surface area contributed by atoms with Crippen LogP contribution in [0.15, 0.2) is 63.8 Å². The van der Waals surface area contributed by atoms with Crippen molar-refractivity contribution >= 4 is 11.7 Å². The lowest BCUT2D eigenvalue weighted by atomic mass is 10.1. The Labute approximate surface area is 185 Å². The van der Waals surface area contributed by atoms with Gasteiger partial charge in [0.1, 0.15) is 11.6 Å². The number of anilines is 1. The van der Waals surface area contributed by atoms with E-state index in [0.717, 1.165) is 0 Å². The summed E-state index contributed by atoms with van der Waals surface area (Å²) >= 11 is 0. The third-order valence-corrected chi connectivity index (χ3v) is 4.18. The summed E-state index contributed by atoms with van der Waals surface area (Å²) in [6.07, 6.45) is -7.55. The Kier molecular flexibility index (Phi) is 5.73. The summed E-state index contributed by atoms with van der Waals surface area (Å²) < 4.78 is 91.4. The normalized spacial score (nSPS) is 11.9. The molecule has 0 radical (unpaired) electrons. The molecule has 0 aliphatic carbocycles. The molecule has 3 aromatic heterocycles. The van der Waals surface area contributed by atoms with E-state index in [1.807, 2.05) is 0 Å². The monoisotopic (exact) mass is 484 g/mol. The van der Waals surface area contributed by atoms with Crippen molar-refractivity contribution in [3.05, 3.63) is 66.1 Å². The van der Waals surface area contributed by atoms with Gasteiger partial charge in [-0.15, -0.1) is 23.4 Å². The molecule has 0 aliphatic rings. The third-order valence-electron chi connectivity index (χ3n) is 4.18. The van der Waals surface area contributed by atoms with Gasteiger partial charge in [-0.1, -0.05) is 0 Å². The van der Waals surface area contributed by atoms with Crippen molar-refractivity contribution < 1.29 is 44.7 Å². The van der Waals surface area contributed by atoms with E-state index >= 15 is 0 Å².